The van der Waals surface area contributed by atoms with Gasteiger partial charge in [-0.1, -0.05) is 0 Å². The quantitative estimate of drug-likeness (QED) is 0.620. The zero-order valence-corrected chi connectivity index (χ0v) is 10.5. The second kappa shape index (κ2) is 3.88. The van der Waals surface area contributed by atoms with E-state index in [1.165, 1.54) is 7.11 Å². The van der Waals surface area contributed by atoms with Gasteiger partial charge in [-0.05, 0) is 13.8 Å². The van der Waals surface area contributed by atoms with E-state index < -0.39 is 24.0 Å². The number of methoxy groups -OCH3 is 1. The van der Waals surface area contributed by atoms with Crippen LogP contribution in [0.2, 0.25) is 0 Å². The number of hydroxylamine groups is 2. The molecule has 0 aromatic heterocycles. The summed E-state index contributed by atoms with van der Waals surface area (Å²) in [5.41, 5.74) is 0. The van der Waals surface area contributed by atoms with Crippen LogP contribution in [0.4, 0.5) is 0 Å². The van der Waals surface area contributed by atoms with Crippen molar-refractivity contribution in [3.05, 3.63) is 0 Å². The number of rotatable bonds is 1. The molecule has 3 aliphatic rings. The van der Waals surface area contributed by atoms with Crippen LogP contribution in [-0.4, -0.2) is 60.1 Å². The lowest BCUT2D eigenvalue weighted by Gasteiger charge is -2.24. The van der Waals surface area contributed by atoms with Crippen molar-refractivity contribution in [3.63, 3.8) is 0 Å². The maximum absolute atomic E-state index is 11.7. The second-order valence-electron chi connectivity index (χ2n) is 5.27. The van der Waals surface area contributed by atoms with Gasteiger partial charge in [0.05, 0.1) is 19.7 Å². The molecule has 1 N–H and O–H groups in total. The Balaban J connectivity index is 1.85. The molecule has 3 heterocycles. The third-order valence-electron chi connectivity index (χ3n) is 3.64. The van der Waals surface area contributed by atoms with Crippen molar-refractivity contribution < 1.29 is 28.9 Å². The van der Waals surface area contributed by atoms with Crippen molar-refractivity contribution in [1.82, 2.24) is 5.06 Å². The first-order valence-electron chi connectivity index (χ1n) is 5.98. The fraction of sp³-hybridized carbons (Fsp3) is 0.909. The maximum Gasteiger partial charge on any atom is 0.315 e. The Morgan fingerprint density at radius 3 is 2.83 bits per heavy atom. The molecule has 18 heavy (non-hydrogen) atoms. The molecule has 3 aliphatic heterocycles. The summed E-state index contributed by atoms with van der Waals surface area (Å²) in [6, 6.07) is -0.362. The van der Waals surface area contributed by atoms with Crippen LogP contribution in [-0.2, 0) is 23.8 Å². The molecule has 0 saturated carbocycles. The second-order valence-corrected chi connectivity index (χ2v) is 5.27. The fourth-order valence-corrected chi connectivity index (χ4v) is 3.02. The summed E-state index contributed by atoms with van der Waals surface area (Å²) >= 11 is 0. The average Bonchev–Trinajstić information content (AvgIpc) is 2.83. The Labute approximate surface area is 104 Å². The van der Waals surface area contributed by atoms with Crippen molar-refractivity contribution >= 4 is 5.97 Å². The molecule has 0 radical (unpaired) electrons. The van der Waals surface area contributed by atoms with Crippen molar-refractivity contribution in [2.24, 2.45) is 5.92 Å². The van der Waals surface area contributed by atoms with Crippen LogP contribution in [0.1, 0.15) is 13.8 Å². The van der Waals surface area contributed by atoms with Crippen molar-refractivity contribution in [3.8, 4) is 0 Å². The molecule has 0 aromatic rings. The van der Waals surface area contributed by atoms with E-state index in [9.17, 15) is 9.90 Å². The Morgan fingerprint density at radius 2 is 2.17 bits per heavy atom. The van der Waals surface area contributed by atoms with Crippen LogP contribution in [0.3, 0.4) is 0 Å². The number of ether oxygens (including phenoxy) is 3. The number of carbonyl (C=O) groups excluding carboxylic acids is 1. The molecule has 3 fully saturated rings. The molecule has 7 heteroatoms. The molecule has 3 saturated heterocycles. The topological polar surface area (TPSA) is 77.5 Å². The van der Waals surface area contributed by atoms with Crippen molar-refractivity contribution in [2.75, 3.05) is 13.7 Å². The van der Waals surface area contributed by atoms with Gasteiger partial charge in [0.25, 0.3) is 0 Å². The van der Waals surface area contributed by atoms with E-state index in [0.29, 0.717) is 6.54 Å². The zero-order chi connectivity index (χ0) is 13.1. The highest BCUT2D eigenvalue weighted by molar-refractivity contribution is 5.74. The Morgan fingerprint density at radius 1 is 1.44 bits per heavy atom. The lowest BCUT2D eigenvalue weighted by Crippen LogP contribution is -2.42. The van der Waals surface area contributed by atoms with Crippen LogP contribution in [0.15, 0.2) is 0 Å². The van der Waals surface area contributed by atoms with Gasteiger partial charge < -0.3 is 19.3 Å². The largest absolute Gasteiger partial charge is 0.469 e. The van der Waals surface area contributed by atoms with Crippen LogP contribution >= 0.6 is 0 Å². The Hall–Kier alpha value is -0.730. The monoisotopic (exact) mass is 259 g/mol. The highest BCUT2D eigenvalue weighted by Crippen LogP contribution is 2.43. The highest BCUT2D eigenvalue weighted by Gasteiger charge is 2.62. The number of aliphatic hydroxyl groups is 1. The molecule has 0 amide bonds. The molecule has 3 rings (SSSR count). The predicted molar refractivity (Wildman–Crippen MR) is 56.9 cm³/mol. The van der Waals surface area contributed by atoms with Crippen molar-refractivity contribution in [1.29, 1.82) is 0 Å². The van der Waals surface area contributed by atoms with E-state index in [4.69, 9.17) is 19.0 Å². The van der Waals surface area contributed by atoms with Gasteiger partial charge in [0.15, 0.2) is 12.1 Å². The Bertz CT molecular complexity index is 373. The van der Waals surface area contributed by atoms with E-state index >= 15 is 0 Å². The lowest BCUT2D eigenvalue weighted by atomic mass is 9.96. The summed E-state index contributed by atoms with van der Waals surface area (Å²) in [5.74, 6) is -1.93. The maximum atomic E-state index is 11.7. The van der Waals surface area contributed by atoms with Gasteiger partial charge in [-0.3, -0.25) is 9.63 Å². The molecule has 7 nitrogen and oxygen atoms in total. The normalized spacial score (nSPS) is 45.9. The molecular formula is C11H17NO6. The van der Waals surface area contributed by atoms with Crippen LogP contribution in [0, 0.1) is 5.92 Å². The number of esters is 1. The van der Waals surface area contributed by atoms with E-state index in [-0.39, 0.29) is 18.2 Å². The van der Waals surface area contributed by atoms with E-state index in [1.807, 2.05) is 13.8 Å². The first-order chi connectivity index (χ1) is 8.43. The molecule has 102 valence electrons. The van der Waals surface area contributed by atoms with E-state index in [0.717, 1.165) is 0 Å². The smallest absolute Gasteiger partial charge is 0.315 e. The number of hydrogen-bond donors (Lipinski definition) is 1. The van der Waals surface area contributed by atoms with Crippen LogP contribution in [0.25, 0.3) is 0 Å². The summed E-state index contributed by atoms with van der Waals surface area (Å²) in [6.07, 6.45) is -1.62. The molecule has 5 atom stereocenters. The number of hydrogen-bond acceptors (Lipinski definition) is 7. The van der Waals surface area contributed by atoms with Gasteiger partial charge in [0.2, 0.25) is 0 Å². The summed E-state index contributed by atoms with van der Waals surface area (Å²) in [5, 5.41) is 11.4. The molecule has 0 bridgehead atoms. The van der Waals surface area contributed by atoms with Crippen LogP contribution in [0.5, 0.6) is 0 Å². The van der Waals surface area contributed by atoms with E-state index in [1.54, 1.807) is 5.06 Å². The van der Waals surface area contributed by atoms with Gasteiger partial charge in [0, 0.05) is 0 Å². The van der Waals surface area contributed by atoms with Gasteiger partial charge in [-0.15, -0.1) is 0 Å². The number of aliphatic hydroxyl groups excluding tert-OH is 1. The van der Waals surface area contributed by atoms with Gasteiger partial charge >= 0.3 is 5.97 Å². The van der Waals surface area contributed by atoms with Gasteiger partial charge in [-0.2, -0.15) is 5.06 Å². The van der Waals surface area contributed by atoms with Gasteiger partial charge in [0.1, 0.15) is 18.1 Å². The number of carbonyl (C=O) groups is 1. The summed E-state index contributed by atoms with van der Waals surface area (Å²) in [7, 11) is 1.29. The number of nitrogens with zero attached hydrogens (tertiary/aromatic N) is 1. The average molecular weight is 259 g/mol. The first-order valence-corrected chi connectivity index (χ1v) is 5.98. The lowest BCUT2D eigenvalue weighted by molar-refractivity contribution is -0.237. The Kier molecular flexibility index (Phi) is 2.65. The third kappa shape index (κ3) is 1.66. The van der Waals surface area contributed by atoms with E-state index in [2.05, 4.69) is 0 Å². The minimum atomic E-state index is -1.18. The summed E-state index contributed by atoms with van der Waals surface area (Å²) in [6.45, 7) is 4.13. The molecular weight excluding hydrogens is 242 g/mol. The fourth-order valence-electron chi connectivity index (χ4n) is 3.02. The van der Waals surface area contributed by atoms with Gasteiger partial charge in [-0.25, -0.2) is 0 Å². The minimum Gasteiger partial charge on any atom is -0.469 e. The van der Waals surface area contributed by atoms with Crippen LogP contribution < -0.4 is 0 Å². The molecule has 0 unspecified atom stereocenters. The standard InChI is InChI=1S/C11H17NO6/c1-11(2)16-5-4-12-7(8(5)17-11)6(9(13)15-3)10(14)18-12/h5-8,10,14H,4H2,1-3H3/t5-,6-,7-,8+,10+/m1/s1. The zero-order valence-electron chi connectivity index (χ0n) is 10.5. The third-order valence-corrected chi connectivity index (χ3v) is 3.64. The molecule has 0 aliphatic carbocycles. The summed E-state index contributed by atoms with van der Waals surface area (Å²) in [4.78, 5) is 17.0. The SMILES string of the molecule is COC(=O)[C@H]1[C@@H]2[C@H]3OC(C)(C)O[C@@H]3CN2O[C@@H]1O. The number of fused-ring (bicyclic) bond motifs is 3. The predicted octanol–water partition coefficient (Wildman–Crippen LogP) is -0.756. The molecule has 0 spiro atoms. The highest BCUT2D eigenvalue weighted by atomic mass is 16.8. The minimum absolute atomic E-state index is 0.148. The first kappa shape index (κ1) is 12.3. The summed E-state index contributed by atoms with van der Waals surface area (Å²) < 4.78 is 16.2. The molecule has 0 aromatic carbocycles. The van der Waals surface area contributed by atoms with Crippen molar-refractivity contribution in [2.45, 2.75) is 44.2 Å².